The van der Waals surface area contributed by atoms with Gasteiger partial charge >= 0.3 is 0 Å². The van der Waals surface area contributed by atoms with Gasteiger partial charge in [-0.25, -0.2) is 15.0 Å². The fourth-order valence-electron chi connectivity index (χ4n) is 4.12. The maximum Gasteiger partial charge on any atom is 0.271 e. The first-order valence-corrected chi connectivity index (χ1v) is 10.7. The second-order valence-corrected chi connectivity index (χ2v) is 8.29. The van der Waals surface area contributed by atoms with Crippen LogP contribution in [-0.4, -0.2) is 44.2 Å². The Kier molecular flexibility index (Phi) is 6.20. The van der Waals surface area contributed by atoms with Crippen molar-refractivity contribution >= 4 is 11.6 Å². The Hall–Kier alpha value is -3.68. The van der Waals surface area contributed by atoms with Gasteiger partial charge in [-0.2, -0.15) is 0 Å². The van der Waals surface area contributed by atoms with Crippen LogP contribution in [0.4, 0.5) is 5.69 Å². The average Bonchev–Trinajstić information content (AvgIpc) is 2.78. The quantitative estimate of drug-likeness (QED) is 0.546. The number of aromatic hydroxyl groups is 2. The van der Waals surface area contributed by atoms with Gasteiger partial charge in [0.1, 0.15) is 5.82 Å². The number of nitrogens with two attached hydrogens (primary N) is 1. The van der Waals surface area contributed by atoms with Crippen LogP contribution >= 0.6 is 0 Å². The first-order chi connectivity index (χ1) is 15.4. The molecule has 2 aromatic heterocycles. The zero-order chi connectivity index (χ0) is 22.7. The van der Waals surface area contributed by atoms with Crippen LogP contribution in [0.25, 0.3) is 0 Å². The Morgan fingerprint density at radius 2 is 1.75 bits per heavy atom. The molecule has 1 fully saturated rings. The van der Waals surface area contributed by atoms with Crippen molar-refractivity contribution in [2.75, 3.05) is 18.0 Å². The fraction of sp³-hybridized carbons (Fsp3) is 0.333. The van der Waals surface area contributed by atoms with Gasteiger partial charge < -0.3 is 20.8 Å². The summed E-state index contributed by atoms with van der Waals surface area (Å²) in [5.74, 6) is 0.0288. The minimum absolute atomic E-state index is 0.0351. The summed E-state index contributed by atoms with van der Waals surface area (Å²) in [5, 5.41) is 19.2. The van der Waals surface area contributed by atoms with Gasteiger partial charge in [-0.15, -0.1) is 0 Å². The summed E-state index contributed by atoms with van der Waals surface area (Å²) < 4.78 is 0. The summed E-state index contributed by atoms with van der Waals surface area (Å²) in [4.78, 5) is 26.3. The van der Waals surface area contributed by atoms with Crippen LogP contribution in [0.3, 0.4) is 0 Å². The molecule has 1 amide bonds. The molecule has 3 aromatic rings. The number of amides is 1. The van der Waals surface area contributed by atoms with Gasteiger partial charge in [-0.1, -0.05) is 18.2 Å². The van der Waals surface area contributed by atoms with Gasteiger partial charge in [0.2, 0.25) is 5.88 Å². The predicted molar refractivity (Wildman–Crippen MR) is 121 cm³/mol. The van der Waals surface area contributed by atoms with E-state index in [0.29, 0.717) is 23.9 Å². The molecule has 8 nitrogen and oxygen atoms in total. The maximum absolute atomic E-state index is 11.5. The highest BCUT2D eigenvalue weighted by atomic mass is 16.3. The van der Waals surface area contributed by atoms with E-state index < -0.39 is 5.91 Å². The standard InChI is InChI=1S/C24H27N5O3/c1-15-23(31)22(24(25)32)28-20(27-15)13-17-8-10-29(11-9-17)19-5-2-16(3-6-19)12-18-4-7-21(30)26-14-18/h2-7,14,17,31H,8-13H2,1H3,(H2,25,32)(H,26,30). The molecule has 0 aliphatic carbocycles. The second-order valence-electron chi connectivity index (χ2n) is 8.29. The molecular weight excluding hydrogens is 406 g/mol. The fourth-order valence-corrected chi connectivity index (χ4v) is 4.12. The van der Waals surface area contributed by atoms with E-state index in [1.54, 1.807) is 19.2 Å². The van der Waals surface area contributed by atoms with E-state index in [1.165, 1.54) is 11.3 Å². The van der Waals surface area contributed by atoms with E-state index in [2.05, 4.69) is 44.1 Å². The minimum Gasteiger partial charge on any atom is -0.504 e. The Morgan fingerprint density at radius 1 is 1.06 bits per heavy atom. The molecule has 1 saturated heterocycles. The molecule has 0 unspecified atom stereocenters. The number of primary amides is 1. The minimum atomic E-state index is -0.741. The monoisotopic (exact) mass is 433 g/mol. The van der Waals surface area contributed by atoms with Crippen molar-refractivity contribution in [3.05, 3.63) is 70.9 Å². The van der Waals surface area contributed by atoms with Gasteiger partial charge in [-0.05, 0) is 55.4 Å². The molecule has 0 bridgehead atoms. The number of nitrogens with zero attached hydrogens (tertiary/aromatic N) is 4. The lowest BCUT2D eigenvalue weighted by atomic mass is 9.92. The molecule has 8 heteroatoms. The number of piperidine rings is 1. The number of aryl methyl sites for hydroxylation is 1. The maximum atomic E-state index is 11.5. The number of hydrogen-bond donors (Lipinski definition) is 3. The van der Waals surface area contributed by atoms with Gasteiger partial charge in [0.15, 0.2) is 11.4 Å². The van der Waals surface area contributed by atoms with Crippen LogP contribution in [0.15, 0.2) is 42.6 Å². The van der Waals surface area contributed by atoms with E-state index in [9.17, 15) is 15.0 Å². The molecular formula is C24H27N5O3. The topological polar surface area (TPSA) is 125 Å². The zero-order valence-electron chi connectivity index (χ0n) is 18.0. The summed E-state index contributed by atoms with van der Waals surface area (Å²) in [6.45, 7) is 3.52. The lowest BCUT2D eigenvalue weighted by molar-refractivity contribution is 0.0991. The third-order valence-electron chi connectivity index (χ3n) is 5.94. The molecule has 0 radical (unpaired) electrons. The van der Waals surface area contributed by atoms with Gasteiger partial charge in [0.25, 0.3) is 5.91 Å². The van der Waals surface area contributed by atoms with Crippen LogP contribution in [0.2, 0.25) is 0 Å². The third-order valence-corrected chi connectivity index (χ3v) is 5.94. The Balaban J connectivity index is 1.34. The average molecular weight is 434 g/mol. The first-order valence-electron chi connectivity index (χ1n) is 10.7. The molecule has 1 aromatic carbocycles. The van der Waals surface area contributed by atoms with Crippen molar-refractivity contribution in [2.24, 2.45) is 11.7 Å². The summed E-state index contributed by atoms with van der Waals surface area (Å²) in [5.41, 5.74) is 9.05. The van der Waals surface area contributed by atoms with Gasteiger partial charge in [-0.3, -0.25) is 4.79 Å². The van der Waals surface area contributed by atoms with Gasteiger partial charge in [0.05, 0.1) is 5.69 Å². The van der Waals surface area contributed by atoms with E-state index in [-0.39, 0.29) is 17.3 Å². The van der Waals surface area contributed by atoms with Crippen molar-refractivity contribution in [3.63, 3.8) is 0 Å². The number of pyridine rings is 1. The number of aromatic nitrogens is 3. The lowest BCUT2D eigenvalue weighted by Gasteiger charge is -2.33. The Bertz CT molecular complexity index is 1090. The zero-order valence-corrected chi connectivity index (χ0v) is 18.0. The Morgan fingerprint density at radius 3 is 2.38 bits per heavy atom. The summed E-state index contributed by atoms with van der Waals surface area (Å²) in [6, 6.07) is 12.0. The van der Waals surface area contributed by atoms with Crippen molar-refractivity contribution in [3.8, 4) is 11.6 Å². The molecule has 166 valence electrons. The molecule has 4 rings (SSSR count). The molecule has 1 aliphatic heterocycles. The molecule has 4 N–H and O–H groups in total. The first kappa shape index (κ1) is 21.5. The highest BCUT2D eigenvalue weighted by Crippen LogP contribution is 2.27. The number of carbonyl (C=O) groups is 1. The van der Waals surface area contributed by atoms with Crippen LogP contribution in [0.1, 0.15) is 46.0 Å². The van der Waals surface area contributed by atoms with Crippen LogP contribution in [0, 0.1) is 12.8 Å². The molecule has 0 spiro atoms. The molecule has 32 heavy (non-hydrogen) atoms. The van der Waals surface area contributed by atoms with Crippen molar-refractivity contribution in [2.45, 2.75) is 32.6 Å². The second kappa shape index (κ2) is 9.21. The largest absolute Gasteiger partial charge is 0.504 e. The van der Waals surface area contributed by atoms with E-state index in [1.807, 2.05) is 6.07 Å². The van der Waals surface area contributed by atoms with Crippen molar-refractivity contribution < 1.29 is 15.0 Å². The summed E-state index contributed by atoms with van der Waals surface area (Å²) in [6.07, 6.45) is 5.12. The van der Waals surface area contributed by atoms with Crippen LogP contribution in [-0.2, 0) is 12.8 Å². The highest BCUT2D eigenvalue weighted by molar-refractivity contribution is 5.93. The summed E-state index contributed by atoms with van der Waals surface area (Å²) in [7, 11) is 0. The number of anilines is 1. The molecule has 0 atom stereocenters. The van der Waals surface area contributed by atoms with E-state index in [0.717, 1.165) is 37.9 Å². The Labute approximate surface area is 186 Å². The lowest BCUT2D eigenvalue weighted by Crippen LogP contribution is -2.34. The normalized spacial score (nSPS) is 14.5. The molecule has 1 aliphatic rings. The van der Waals surface area contributed by atoms with Crippen LogP contribution in [0.5, 0.6) is 11.6 Å². The highest BCUT2D eigenvalue weighted by Gasteiger charge is 2.22. The van der Waals surface area contributed by atoms with Gasteiger partial charge in [0, 0.05) is 37.5 Å². The van der Waals surface area contributed by atoms with E-state index >= 15 is 0 Å². The molecule has 3 heterocycles. The predicted octanol–water partition coefficient (Wildman–Crippen LogP) is 2.74. The summed E-state index contributed by atoms with van der Waals surface area (Å²) >= 11 is 0. The number of hydrogen-bond acceptors (Lipinski definition) is 7. The third kappa shape index (κ3) is 4.96. The number of carbonyl (C=O) groups excluding carboxylic acids is 1. The van der Waals surface area contributed by atoms with Crippen LogP contribution < -0.4 is 10.6 Å². The van der Waals surface area contributed by atoms with E-state index in [4.69, 9.17) is 5.73 Å². The smallest absolute Gasteiger partial charge is 0.271 e. The van der Waals surface area contributed by atoms with Crippen molar-refractivity contribution in [1.82, 2.24) is 15.0 Å². The van der Waals surface area contributed by atoms with Crippen molar-refractivity contribution in [1.29, 1.82) is 0 Å². The number of rotatable bonds is 6. The number of benzene rings is 1. The SMILES string of the molecule is Cc1nc(CC2CCN(c3ccc(Cc4ccc(O)nc4)cc3)CC2)nc(C(N)=O)c1O. The molecule has 0 saturated carbocycles.